The third-order valence-electron chi connectivity index (χ3n) is 4.54. The van der Waals surface area contributed by atoms with Crippen molar-refractivity contribution >= 4 is 21.4 Å². The van der Waals surface area contributed by atoms with E-state index in [1.165, 1.54) is 22.0 Å². The Hall–Kier alpha value is -1.58. The summed E-state index contributed by atoms with van der Waals surface area (Å²) in [6, 6.07) is 0. The average Bonchev–Trinajstić information content (AvgIpc) is 3.06. The zero-order valence-electron chi connectivity index (χ0n) is 15.5. The maximum absolute atomic E-state index is 12.8. The van der Waals surface area contributed by atoms with Crippen LogP contribution in [-0.2, 0) is 34.9 Å². The van der Waals surface area contributed by atoms with Crippen LogP contribution >= 0.6 is 11.3 Å². The van der Waals surface area contributed by atoms with Crippen LogP contribution in [0.4, 0.5) is 0 Å². The van der Waals surface area contributed by atoms with E-state index in [2.05, 4.69) is 30.7 Å². The molecule has 26 heavy (non-hydrogen) atoms. The van der Waals surface area contributed by atoms with Gasteiger partial charge in [-0.05, 0) is 13.3 Å². The predicted molar refractivity (Wildman–Crippen MR) is 102 cm³/mol. The lowest BCUT2D eigenvalue weighted by Gasteiger charge is -2.26. The molecule has 9 heteroatoms. The Balaban J connectivity index is 1.85. The second kappa shape index (κ2) is 6.86. The van der Waals surface area contributed by atoms with Gasteiger partial charge in [-0.25, -0.2) is 18.4 Å². The van der Waals surface area contributed by atoms with E-state index in [9.17, 15) is 13.2 Å². The van der Waals surface area contributed by atoms with Crippen LogP contribution in [0.25, 0.3) is 0 Å². The predicted octanol–water partition coefficient (Wildman–Crippen LogP) is 1.75. The van der Waals surface area contributed by atoms with Crippen molar-refractivity contribution in [3.05, 3.63) is 44.0 Å². The van der Waals surface area contributed by atoms with Gasteiger partial charge in [0.05, 0.1) is 36.6 Å². The highest BCUT2D eigenvalue weighted by molar-refractivity contribution is 7.89. The topological polar surface area (TPSA) is 85.2 Å². The minimum absolute atomic E-state index is 0.0258. The van der Waals surface area contributed by atoms with Gasteiger partial charge in [-0.1, -0.05) is 20.8 Å². The van der Waals surface area contributed by atoms with Crippen LogP contribution in [-0.4, -0.2) is 39.6 Å². The fourth-order valence-electron chi connectivity index (χ4n) is 2.84. The van der Waals surface area contributed by atoms with Gasteiger partial charge in [0.1, 0.15) is 5.01 Å². The van der Waals surface area contributed by atoms with Crippen LogP contribution in [0, 0.1) is 0 Å². The first-order valence-electron chi connectivity index (χ1n) is 8.61. The summed E-state index contributed by atoms with van der Waals surface area (Å²) in [7, 11) is -3.27. The molecule has 0 aromatic carbocycles. The minimum atomic E-state index is -3.27. The van der Waals surface area contributed by atoms with Crippen LogP contribution < -0.4 is 5.56 Å². The lowest BCUT2D eigenvalue weighted by atomic mass is 9.93. The monoisotopic (exact) mass is 396 g/mol. The van der Waals surface area contributed by atoms with Gasteiger partial charge >= 0.3 is 0 Å². The average molecular weight is 397 g/mol. The van der Waals surface area contributed by atoms with Gasteiger partial charge in [-0.15, -0.1) is 11.3 Å². The summed E-state index contributed by atoms with van der Waals surface area (Å²) in [5, 5.41) is 2.89. The second-order valence-corrected chi connectivity index (χ2v) is 10.7. The molecule has 3 rings (SSSR count). The molecule has 7 nitrogen and oxygen atoms in total. The molecule has 0 unspecified atom stereocenters. The van der Waals surface area contributed by atoms with E-state index in [-0.39, 0.29) is 23.3 Å². The molecule has 2 aromatic heterocycles. The zero-order chi connectivity index (χ0) is 19.1. The molecule has 2 aromatic rings. The molecule has 0 bridgehead atoms. The standard InChI is InChI=1S/C17H24N4O3S2/c1-5-26(23,24)21-7-6-12-13(8-21)18-11-20(16(12)22)9-15-19-14(10-25-15)17(2,3)4/h10-11H,5-9H2,1-4H3. The Bertz CT molecular complexity index is 971. The molecule has 0 radical (unpaired) electrons. The molecule has 1 aliphatic heterocycles. The van der Waals surface area contributed by atoms with E-state index in [1.54, 1.807) is 11.5 Å². The fourth-order valence-corrected chi connectivity index (χ4v) is 4.92. The van der Waals surface area contributed by atoms with Crippen molar-refractivity contribution in [2.75, 3.05) is 12.3 Å². The fraction of sp³-hybridized carbons (Fsp3) is 0.588. The number of rotatable bonds is 4. The van der Waals surface area contributed by atoms with Crippen molar-refractivity contribution in [2.24, 2.45) is 0 Å². The highest BCUT2D eigenvalue weighted by atomic mass is 32.2. The van der Waals surface area contributed by atoms with E-state index >= 15 is 0 Å². The van der Waals surface area contributed by atoms with Crippen molar-refractivity contribution < 1.29 is 8.42 Å². The second-order valence-electron chi connectivity index (χ2n) is 7.46. The van der Waals surface area contributed by atoms with Crippen molar-refractivity contribution in [1.29, 1.82) is 0 Å². The molecule has 0 saturated heterocycles. The number of hydrogen-bond acceptors (Lipinski definition) is 6. The van der Waals surface area contributed by atoms with Gasteiger partial charge in [0.25, 0.3) is 5.56 Å². The normalized spacial score (nSPS) is 15.8. The molecule has 0 spiro atoms. The molecule has 1 aliphatic rings. The molecule has 3 heterocycles. The van der Waals surface area contributed by atoms with Gasteiger partial charge in [0.2, 0.25) is 10.0 Å². The van der Waals surface area contributed by atoms with Crippen LogP contribution in [0.1, 0.15) is 49.7 Å². The Labute approximate surface area is 157 Å². The summed E-state index contributed by atoms with van der Waals surface area (Å²) in [6.07, 6.45) is 1.90. The molecule has 0 aliphatic carbocycles. The van der Waals surface area contributed by atoms with Crippen LogP contribution in [0.2, 0.25) is 0 Å². The summed E-state index contributed by atoms with van der Waals surface area (Å²) >= 11 is 1.54. The molecule has 0 fully saturated rings. The smallest absolute Gasteiger partial charge is 0.257 e. The number of fused-ring (bicyclic) bond motifs is 1. The van der Waals surface area contributed by atoms with Crippen molar-refractivity contribution in [3.8, 4) is 0 Å². The molecule has 142 valence electrons. The molecule has 0 amide bonds. The first-order chi connectivity index (χ1) is 12.1. The highest BCUT2D eigenvalue weighted by Crippen LogP contribution is 2.24. The van der Waals surface area contributed by atoms with E-state index in [4.69, 9.17) is 0 Å². The Morgan fingerprint density at radius 3 is 2.65 bits per heavy atom. The number of nitrogens with zero attached hydrogens (tertiary/aromatic N) is 4. The highest BCUT2D eigenvalue weighted by Gasteiger charge is 2.28. The van der Waals surface area contributed by atoms with Gasteiger partial charge in [-0.3, -0.25) is 9.36 Å². The largest absolute Gasteiger partial charge is 0.292 e. The summed E-state index contributed by atoms with van der Waals surface area (Å²) in [5.74, 6) is 0.0551. The van der Waals surface area contributed by atoms with Crippen LogP contribution in [0.15, 0.2) is 16.5 Å². The number of sulfonamides is 1. The lowest BCUT2D eigenvalue weighted by molar-refractivity contribution is 0.382. The minimum Gasteiger partial charge on any atom is -0.292 e. The summed E-state index contributed by atoms with van der Waals surface area (Å²) in [4.78, 5) is 21.8. The molecule has 0 N–H and O–H groups in total. The van der Waals surface area contributed by atoms with E-state index in [0.29, 0.717) is 30.8 Å². The molecule has 0 saturated carbocycles. The van der Waals surface area contributed by atoms with Gasteiger partial charge in [-0.2, -0.15) is 4.31 Å². The molecular formula is C17H24N4O3S2. The van der Waals surface area contributed by atoms with Crippen molar-refractivity contribution in [1.82, 2.24) is 18.8 Å². The lowest BCUT2D eigenvalue weighted by Crippen LogP contribution is -2.41. The molecule has 0 atom stereocenters. The summed E-state index contributed by atoms with van der Waals surface area (Å²) < 4.78 is 27.1. The summed E-state index contributed by atoms with van der Waals surface area (Å²) in [5.41, 5.74) is 2.06. The van der Waals surface area contributed by atoms with Crippen LogP contribution in [0.3, 0.4) is 0 Å². The van der Waals surface area contributed by atoms with Crippen LogP contribution in [0.5, 0.6) is 0 Å². The number of thiazole rings is 1. The van der Waals surface area contributed by atoms with E-state index in [1.807, 2.05) is 5.38 Å². The van der Waals surface area contributed by atoms with Crippen molar-refractivity contribution in [2.45, 2.75) is 52.6 Å². The SMILES string of the molecule is CCS(=O)(=O)N1CCc2c(ncn(Cc3nc(C(C)(C)C)cs3)c2=O)C1. The maximum atomic E-state index is 12.8. The van der Waals surface area contributed by atoms with E-state index in [0.717, 1.165) is 10.7 Å². The number of hydrogen-bond donors (Lipinski definition) is 0. The Kier molecular flexibility index (Phi) is 5.06. The third-order valence-corrected chi connectivity index (χ3v) is 7.20. The van der Waals surface area contributed by atoms with Gasteiger partial charge in [0, 0.05) is 22.9 Å². The third kappa shape index (κ3) is 3.74. The Morgan fingerprint density at radius 1 is 1.31 bits per heavy atom. The zero-order valence-corrected chi connectivity index (χ0v) is 17.2. The first-order valence-corrected chi connectivity index (χ1v) is 11.1. The summed E-state index contributed by atoms with van der Waals surface area (Å²) in [6.45, 7) is 8.83. The van der Waals surface area contributed by atoms with E-state index < -0.39 is 10.0 Å². The first kappa shape index (κ1) is 19.2. The Morgan fingerprint density at radius 2 is 2.04 bits per heavy atom. The van der Waals surface area contributed by atoms with Gasteiger partial charge < -0.3 is 0 Å². The molecular weight excluding hydrogens is 372 g/mol. The van der Waals surface area contributed by atoms with Gasteiger partial charge in [0.15, 0.2) is 0 Å². The number of aromatic nitrogens is 3. The maximum Gasteiger partial charge on any atom is 0.257 e. The van der Waals surface area contributed by atoms with Crippen molar-refractivity contribution in [3.63, 3.8) is 0 Å². The quantitative estimate of drug-likeness (QED) is 0.786.